The SMILES string of the molecule is CCCCC(=O)Nc1cc(-c2ccc(C(=O)O)o2)ccc1C. The molecule has 0 atom stereocenters. The van der Waals surface area contributed by atoms with Gasteiger partial charge in [0.25, 0.3) is 0 Å². The van der Waals surface area contributed by atoms with Crippen LogP contribution >= 0.6 is 0 Å². The van der Waals surface area contributed by atoms with E-state index in [1.54, 1.807) is 12.1 Å². The van der Waals surface area contributed by atoms with Gasteiger partial charge in [-0.15, -0.1) is 0 Å². The van der Waals surface area contributed by atoms with Crippen LogP contribution in [0.5, 0.6) is 0 Å². The molecule has 5 heteroatoms. The molecule has 0 aliphatic heterocycles. The van der Waals surface area contributed by atoms with E-state index in [9.17, 15) is 9.59 Å². The zero-order valence-electron chi connectivity index (χ0n) is 12.7. The van der Waals surface area contributed by atoms with E-state index in [4.69, 9.17) is 9.52 Å². The fourth-order valence-corrected chi connectivity index (χ4v) is 2.07. The summed E-state index contributed by atoms with van der Waals surface area (Å²) in [5.74, 6) is -0.773. The van der Waals surface area contributed by atoms with Crippen LogP contribution in [0.15, 0.2) is 34.7 Å². The van der Waals surface area contributed by atoms with Gasteiger partial charge in [0.1, 0.15) is 5.76 Å². The molecule has 0 aliphatic rings. The molecule has 0 unspecified atom stereocenters. The highest BCUT2D eigenvalue weighted by Gasteiger charge is 2.12. The van der Waals surface area contributed by atoms with Gasteiger partial charge in [0.2, 0.25) is 11.7 Å². The van der Waals surface area contributed by atoms with Crippen molar-refractivity contribution in [2.45, 2.75) is 33.1 Å². The fourth-order valence-electron chi connectivity index (χ4n) is 2.07. The first-order valence-corrected chi connectivity index (χ1v) is 7.25. The van der Waals surface area contributed by atoms with Crippen LogP contribution in [0.1, 0.15) is 42.3 Å². The van der Waals surface area contributed by atoms with Gasteiger partial charge in [0.05, 0.1) is 0 Å². The van der Waals surface area contributed by atoms with Crippen LogP contribution in [0, 0.1) is 6.92 Å². The molecule has 0 radical (unpaired) electrons. The third kappa shape index (κ3) is 3.75. The number of furan rings is 1. The molecule has 1 aromatic carbocycles. The fraction of sp³-hybridized carbons (Fsp3) is 0.294. The molecule has 0 bridgehead atoms. The third-order valence-electron chi connectivity index (χ3n) is 3.37. The van der Waals surface area contributed by atoms with Crippen LogP contribution < -0.4 is 5.32 Å². The molecule has 1 aromatic heterocycles. The Morgan fingerprint density at radius 1 is 1.23 bits per heavy atom. The third-order valence-corrected chi connectivity index (χ3v) is 3.37. The van der Waals surface area contributed by atoms with E-state index in [2.05, 4.69) is 5.32 Å². The van der Waals surface area contributed by atoms with Gasteiger partial charge < -0.3 is 14.8 Å². The van der Waals surface area contributed by atoms with Crippen molar-refractivity contribution >= 4 is 17.6 Å². The van der Waals surface area contributed by atoms with Gasteiger partial charge in [0.15, 0.2) is 0 Å². The van der Waals surface area contributed by atoms with Gasteiger partial charge in [-0.2, -0.15) is 0 Å². The number of carboxylic acid groups (broad SMARTS) is 1. The van der Waals surface area contributed by atoms with E-state index >= 15 is 0 Å². The Morgan fingerprint density at radius 3 is 2.64 bits per heavy atom. The number of nitrogens with one attached hydrogen (secondary N) is 1. The minimum atomic E-state index is -1.11. The molecule has 2 aromatic rings. The number of rotatable bonds is 6. The number of benzene rings is 1. The molecule has 1 amide bonds. The molecular formula is C17H19NO4. The summed E-state index contributed by atoms with van der Waals surface area (Å²) < 4.78 is 5.28. The summed E-state index contributed by atoms with van der Waals surface area (Å²) in [4.78, 5) is 22.7. The standard InChI is InChI=1S/C17H19NO4/c1-3-4-5-16(19)18-13-10-12(7-6-11(13)2)14-8-9-15(22-14)17(20)21/h6-10H,3-5H2,1-2H3,(H,18,19)(H,20,21). The zero-order valence-corrected chi connectivity index (χ0v) is 12.7. The molecule has 0 spiro atoms. The second-order valence-electron chi connectivity index (χ2n) is 5.15. The Labute approximate surface area is 129 Å². The minimum Gasteiger partial charge on any atom is -0.475 e. The van der Waals surface area contributed by atoms with Crippen molar-refractivity contribution in [2.75, 3.05) is 5.32 Å². The molecule has 22 heavy (non-hydrogen) atoms. The quantitative estimate of drug-likeness (QED) is 0.842. The van der Waals surface area contributed by atoms with Gasteiger partial charge in [0, 0.05) is 17.7 Å². The second-order valence-corrected chi connectivity index (χ2v) is 5.15. The molecular weight excluding hydrogens is 282 g/mol. The molecule has 116 valence electrons. The van der Waals surface area contributed by atoms with Crippen LogP contribution in [0.25, 0.3) is 11.3 Å². The molecule has 2 N–H and O–H groups in total. The summed E-state index contributed by atoms with van der Waals surface area (Å²) in [7, 11) is 0. The van der Waals surface area contributed by atoms with Gasteiger partial charge in [-0.25, -0.2) is 4.79 Å². The topological polar surface area (TPSA) is 79.5 Å². The van der Waals surface area contributed by atoms with Crippen LogP contribution in [-0.4, -0.2) is 17.0 Å². The van der Waals surface area contributed by atoms with E-state index in [0.717, 1.165) is 24.0 Å². The number of carbonyl (C=O) groups excluding carboxylic acids is 1. The van der Waals surface area contributed by atoms with Crippen molar-refractivity contribution in [1.29, 1.82) is 0 Å². The van der Waals surface area contributed by atoms with E-state index in [1.165, 1.54) is 6.07 Å². The number of hydrogen-bond donors (Lipinski definition) is 2. The van der Waals surface area contributed by atoms with E-state index < -0.39 is 5.97 Å². The first kappa shape index (κ1) is 15.8. The summed E-state index contributed by atoms with van der Waals surface area (Å²) in [5, 5.41) is 11.8. The summed E-state index contributed by atoms with van der Waals surface area (Å²) in [6, 6.07) is 8.52. The average molecular weight is 301 g/mol. The Hall–Kier alpha value is -2.56. The van der Waals surface area contributed by atoms with Crippen LogP contribution in [0.3, 0.4) is 0 Å². The number of carboxylic acids is 1. The van der Waals surface area contributed by atoms with Gasteiger partial charge in [-0.05, 0) is 37.1 Å². The highest BCUT2D eigenvalue weighted by atomic mass is 16.4. The smallest absolute Gasteiger partial charge is 0.371 e. The Morgan fingerprint density at radius 2 is 2.00 bits per heavy atom. The molecule has 0 saturated carbocycles. The molecule has 0 saturated heterocycles. The van der Waals surface area contributed by atoms with Crippen molar-refractivity contribution < 1.29 is 19.1 Å². The van der Waals surface area contributed by atoms with Crippen LogP contribution in [0.4, 0.5) is 5.69 Å². The Kier molecular flexibility index (Phi) is 4.99. The van der Waals surface area contributed by atoms with Gasteiger partial charge in [-0.3, -0.25) is 4.79 Å². The van der Waals surface area contributed by atoms with E-state index in [-0.39, 0.29) is 11.7 Å². The molecule has 2 rings (SSSR count). The van der Waals surface area contributed by atoms with Crippen molar-refractivity contribution in [2.24, 2.45) is 0 Å². The summed E-state index contributed by atoms with van der Waals surface area (Å²) >= 11 is 0. The van der Waals surface area contributed by atoms with E-state index in [0.29, 0.717) is 17.9 Å². The number of anilines is 1. The van der Waals surface area contributed by atoms with Crippen LogP contribution in [0.2, 0.25) is 0 Å². The number of aromatic carboxylic acids is 1. The second kappa shape index (κ2) is 6.93. The van der Waals surface area contributed by atoms with Gasteiger partial charge >= 0.3 is 5.97 Å². The first-order chi connectivity index (χ1) is 10.5. The lowest BCUT2D eigenvalue weighted by Crippen LogP contribution is -2.11. The number of aryl methyl sites for hydroxylation is 1. The monoisotopic (exact) mass is 301 g/mol. The summed E-state index contributed by atoms with van der Waals surface area (Å²) in [6.45, 7) is 3.94. The molecule has 5 nitrogen and oxygen atoms in total. The predicted molar refractivity (Wildman–Crippen MR) is 84.0 cm³/mol. The lowest BCUT2D eigenvalue weighted by molar-refractivity contribution is -0.116. The number of unbranched alkanes of at least 4 members (excludes halogenated alkanes) is 1. The number of carbonyl (C=O) groups is 2. The van der Waals surface area contributed by atoms with Crippen molar-refractivity contribution in [3.05, 3.63) is 41.7 Å². The average Bonchev–Trinajstić information content (AvgIpc) is 2.97. The van der Waals surface area contributed by atoms with Gasteiger partial charge in [-0.1, -0.05) is 25.5 Å². The highest BCUT2D eigenvalue weighted by molar-refractivity contribution is 5.92. The predicted octanol–water partition coefficient (Wildman–Crippen LogP) is 4.08. The maximum absolute atomic E-state index is 11.9. The van der Waals surface area contributed by atoms with Crippen molar-refractivity contribution in [1.82, 2.24) is 0 Å². The molecule has 1 heterocycles. The normalized spacial score (nSPS) is 10.5. The van der Waals surface area contributed by atoms with Crippen LogP contribution in [-0.2, 0) is 4.79 Å². The summed E-state index contributed by atoms with van der Waals surface area (Å²) in [6.07, 6.45) is 2.31. The Bertz CT molecular complexity index is 688. The largest absolute Gasteiger partial charge is 0.475 e. The van der Waals surface area contributed by atoms with Crippen molar-refractivity contribution in [3.8, 4) is 11.3 Å². The van der Waals surface area contributed by atoms with Crippen molar-refractivity contribution in [3.63, 3.8) is 0 Å². The zero-order chi connectivity index (χ0) is 16.1. The first-order valence-electron chi connectivity index (χ1n) is 7.25. The lowest BCUT2D eigenvalue weighted by Gasteiger charge is -2.09. The molecule has 0 fully saturated rings. The lowest BCUT2D eigenvalue weighted by atomic mass is 10.1. The maximum atomic E-state index is 11.9. The summed E-state index contributed by atoms with van der Waals surface area (Å²) in [5.41, 5.74) is 2.38. The molecule has 0 aliphatic carbocycles. The number of hydrogen-bond acceptors (Lipinski definition) is 3. The minimum absolute atomic E-state index is 0.0206. The van der Waals surface area contributed by atoms with E-state index in [1.807, 2.05) is 26.0 Å². The maximum Gasteiger partial charge on any atom is 0.371 e. The highest BCUT2D eigenvalue weighted by Crippen LogP contribution is 2.27. The number of amides is 1. The Balaban J connectivity index is 2.22.